The first-order valence-electron chi connectivity index (χ1n) is 9.13. The second-order valence-corrected chi connectivity index (χ2v) is 6.95. The summed E-state index contributed by atoms with van der Waals surface area (Å²) >= 11 is 0. The first kappa shape index (κ1) is 20.4. The Morgan fingerprint density at radius 3 is 2.50 bits per heavy atom. The molecular weight excluding hydrogens is 332 g/mol. The normalized spacial score (nSPS) is 21.0. The fraction of sp³-hybridized carbons (Fsp3) is 0.600. The van der Waals surface area contributed by atoms with Gasteiger partial charge in [-0.2, -0.15) is 0 Å². The van der Waals surface area contributed by atoms with Crippen LogP contribution in [-0.2, 0) is 25.5 Å². The molecule has 6 nitrogen and oxygen atoms in total. The van der Waals surface area contributed by atoms with Crippen molar-refractivity contribution in [3.8, 4) is 0 Å². The van der Waals surface area contributed by atoms with E-state index in [1.54, 1.807) is 7.11 Å². The molecule has 2 rings (SSSR count). The highest BCUT2D eigenvalue weighted by molar-refractivity contribution is 5.86. The Hall–Kier alpha value is -1.92. The van der Waals surface area contributed by atoms with Gasteiger partial charge >= 0.3 is 5.97 Å². The van der Waals surface area contributed by atoms with Crippen LogP contribution in [0.4, 0.5) is 0 Å². The number of likely N-dealkylation sites (tertiary alicyclic amines) is 1. The molecule has 4 atom stereocenters. The van der Waals surface area contributed by atoms with E-state index in [0.717, 1.165) is 24.9 Å². The van der Waals surface area contributed by atoms with Crippen LogP contribution in [0.25, 0.3) is 0 Å². The Labute approximate surface area is 155 Å². The molecule has 0 spiro atoms. The quantitative estimate of drug-likeness (QED) is 0.712. The number of benzene rings is 1. The van der Waals surface area contributed by atoms with Crippen LogP contribution in [0.15, 0.2) is 30.3 Å². The largest absolute Gasteiger partial charge is 0.467 e. The number of nitrogens with zero attached hydrogens (tertiary/aromatic N) is 1. The lowest BCUT2D eigenvalue weighted by Gasteiger charge is -2.32. The van der Waals surface area contributed by atoms with Gasteiger partial charge in [-0.25, -0.2) is 4.79 Å². The van der Waals surface area contributed by atoms with E-state index in [0.29, 0.717) is 6.42 Å². The smallest absolute Gasteiger partial charge is 0.328 e. The number of ether oxygens (including phenoxy) is 2. The Kier molecular flexibility index (Phi) is 7.60. The maximum Gasteiger partial charge on any atom is 0.328 e. The van der Waals surface area contributed by atoms with Crippen LogP contribution in [0.1, 0.15) is 25.3 Å². The van der Waals surface area contributed by atoms with Crippen molar-refractivity contribution < 1.29 is 19.1 Å². The minimum absolute atomic E-state index is 0.191. The molecule has 1 aliphatic rings. The summed E-state index contributed by atoms with van der Waals surface area (Å²) in [7, 11) is 5.03. The van der Waals surface area contributed by atoms with E-state index in [9.17, 15) is 9.59 Å². The summed E-state index contributed by atoms with van der Waals surface area (Å²) in [5, 5.41) is 2.86. The van der Waals surface area contributed by atoms with Crippen LogP contribution < -0.4 is 5.32 Å². The average Bonchev–Trinajstić information content (AvgIpc) is 3.07. The fourth-order valence-electron chi connectivity index (χ4n) is 3.68. The topological polar surface area (TPSA) is 67.9 Å². The lowest BCUT2D eigenvalue weighted by Crippen LogP contribution is -2.51. The van der Waals surface area contributed by atoms with Crippen molar-refractivity contribution in [3.63, 3.8) is 0 Å². The SMILES string of the molecule is COC(=O)[C@H](Cc1ccccc1)NC(=O)[C@H](C)[C@@H](OC)[C@@H]1CCCN1C. The van der Waals surface area contributed by atoms with Gasteiger partial charge in [0.05, 0.1) is 19.1 Å². The molecule has 0 saturated carbocycles. The molecule has 1 aromatic carbocycles. The molecule has 6 heteroatoms. The van der Waals surface area contributed by atoms with Gasteiger partial charge in [-0.15, -0.1) is 0 Å². The van der Waals surface area contributed by atoms with Crippen LogP contribution in [0.3, 0.4) is 0 Å². The lowest BCUT2D eigenvalue weighted by atomic mass is 9.94. The third kappa shape index (κ3) is 5.05. The molecule has 1 N–H and O–H groups in total. The number of esters is 1. The number of hydrogen-bond acceptors (Lipinski definition) is 5. The van der Waals surface area contributed by atoms with Crippen molar-refractivity contribution in [2.45, 2.75) is 44.4 Å². The van der Waals surface area contributed by atoms with E-state index in [2.05, 4.69) is 17.3 Å². The van der Waals surface area contributed by atoms with Crippen LogP contribution >= 0.6 is 0 Å². The molecule has 1 fully saturated rings. The van der Waals surface area contributed by atoms with E-state index >= 15 is 0 Å². The Balaban J connectivity index is 2.05. The number of carbonyl (C=O) groups excluding carboxylic acids is 2. The maximum absolute atomic E-state index is 12.8. The monoisotopic (exact) mass is 362 g/mol. The van der Waals surface area contributed by atoms with Crippen molar-refractivity contribution >= 4 is 11.9 Å². The van der Waals surface area contributed by atoms with E-state index in [-0.39, 0.29) is 24.0 Å². The van der Waals surface area contributed by atoms with Gasteiger partial charge in [-0.05, 0) is 32.0 Å². The predicted molar refractivity (Wildman–Crippen MR) is 99.7 cm³/mol. The number of amides is 1. The third-order valence-corrected chi connectivity index (χ3v) is 5.22. The lowest BCUT2D eigenvalue weighted by molar-refractivity contribution is -0.146. The summed E-state index contributed by atoms with van der Waals surface area (Å²) in [6, 6.07) is 9.09. The van der Waals surface area contributed by atoms with E-state index in [4.69, 9.17) is 9.47 Å². The number of rotatable bonds is 8. The van der Waals surface area contributed by atoms with Crippen molar-refractivity contribution in [2.24, 2.45) is 5.92 Å². The van der Waals surface area contributed by atoms with Gasteiger partial charge in [-0.1, -0.05) is 37.3 Å². The molecule has 1 amide bonds. The molecule has 1 aromatic rings. The summed E-state index contributed by atoms with van der Waals surface area (Å²) in [5.41, 5.74) is 0.967. The van der Waals surface area contributed by atoms with Gasteiger partial charge in [0, 0.05) is 19.6 Å². The number of likely N-dealkylation sites (N-methyl/N-ethyl adjacent to an activating group) is 1. The van der Waals surface area contributed by atoms with Gasteiger partial charge in [0.1, 0.15) is 6.04 Å². The van der Waals surface area contributed by atoms with Crippen molar-refractivity contribution in [1.82, 2.24) is 10.2 Å². The minimum atomic E-state index is -0.712. The van der Waals surface area contributed by atoms with Crippen LogP contribution in [0, 0.1) is 5.92 Å². The predicted octanol–water partition coefficient (Wildman–Crippen LogP) is 1.63. The molecule has 26 heavy (non-hydrogen) atoms. The standard InChI is InChI=1S/C20H30N2O4/c1-14(18(25-3)17-11-8-12-22(17)2)19(23)21-16(20(24)26-4)13-15-9-6-5-7-10-15/h5-7,9-10,14,16-18H,8,11-13H2,1-4H3,(H,21,23)/t14-,16+,17+,18-/m1/s1. The van der Waals surface area contributed by atoms with E-state index in [1.807, 2.05) is 37.3 Å². The summed E-state index contributed by atoms with van der Waals surface area (Å²) in [4.78, 5) is 27.2. The first-order chi connectivity index (χ1) is 12.5. The highest BCUT2D eigenvalue weighted by Crippen LogP contribution is 2.24. The zero-order valence-electron chi connectivity index (χ0n) is 16.1. The zero-order valence-corrected chi connectivity index (χ0v) is 16.1. The third-order valence-electron chi connectivity index (χ3n) is 5.22. The van der Waals surface area contributed by atoms with E-state index < -0.39 is 12.0 Å². The molecular formula is C20H30N2O4. The average molecular weight is 362 g/mol. The number of methoxy groups -OCH3 is 2. The second-order valence-electron chi connectivity index (χ2n) is 6.95. The van der Waals surface area contributed by atoms with Gasteiger partial charge in [-0.3, -0.25) is 4.79 Å². The van der Waals surface area contributed by atoms with Gasteiger partial charge < -0.3 is 19.7 Å². The highest BCUT2D eigenvalue weighted by atomic mass is 16.5. The van der Waals surface area contributed by atoms with Crippen LogP contribution in [-0.4, -0.2) is 62.8 Å². The van der Waals surface area contributed by atoms with Crippen LogP contribution in [0.5, 0.6) is 0 Å². The van der Waals surface area contributed by atoms with Crippen molar-refractivity contribution in [2.75, 3.05) is 27.8 Å². The molecule has 0 bridgehead atoms. The molecule has 1 heterocycles. The maximum atomic E-state index is 12.8. The number of carbonyl (C=O) groups is 2. The Morgan fingerprint density at radius 2 is 1.96 bits per heavy atom. The van der Waals surface area contributed by atoms with E-state index in [1.165, 1.54) is 7.11 Å². The Bertz CT molecular complexity index is 593. The number of hydrogen-bond donors (Lipinski definition) is 1. The summed E-state index contributed by atoms with van der Waals surface area (Å²) in [5.74, 6) is -1.00. The zero-order chi connectivity index (χ0) is 19.1. The van der Waals surface area contributed by atoms with Gasteiger partial charge in [0.25, 0.3) is 0 Å². The second kappa shape index (κ2) is 9.69. The highest BCUT2D eigenvalue weighted by Gasteiger charge is 2.37. The molecule has 144 valence electrons. The summed E-state index contributed by atoms with van der Waals surface area (Å²) in [6.45, 7) is 2.87. The van der Waals surface area contributed by atoms with Gasteiger partial charge in [0.2, 0.25) is 5.91 Å². The molecule has 0 aromatic heterocycles. The molecule has 1 saturated heterocycles. The first-order valence-corrected chi connectivity index (χ1v) is 9.13. The molecule has 0 unspecified atom stereocenters. The summed E-state index contributed by atoms with van der Waals surface area (Å²) in [6.07, 6.45) is 2.30. The minimum Gasteiger partial charge on any atom is -0.467 e. The molecule has 1 aliphatic heterocycles. The van der Waals surface area contributed by atoms with Crippen molar-refractivity contribution in [3.05, 3.63) is 35.9 Å². The summed E-state index contributed by atoms with van der Waals surface area (Å²) < 4.78 is 10.5. The molecule has 0 aliphatic carbocycles. The van der Waals surface area contributed by atoms with Crippen molar-refractivity contribution in [1.29, 1.82) is 0 Å². The fourth-order valence-corrected chi connectivity index (χ4v) is 3.68. The van der Waals surface area contributed by atoms with Crippen LogP contribution in [0.2, 0.25) is 0 Å². The van der Waals surface area contributed by atoms with Gasteiger partial charge in [0.15, 0.2) is 0 Å². The molecule has 0 radical (unpaired) electrons. The Morgan fingerprint density at radius 1 is 1.27 bits per heavy atom. The number of nitrogens with one attached hydrogen (secondary N) is 1.